The Morgan fingerprint density at radius 3 is 1.44 bits per heavy atom. The molecule has 0 aliphatic carbocycles. The van der Waals surface area contributed by atoms with Gasteiger partial charge in [0.2, 0.25) is 0 Å². The van der Waals surface area contributed by atoms with Gasteiger partial charge in [-0.05, 0) is 36.4 Å². The Labute approximate surface area is 157 Å². The molecule has 3 aromatic heterocycles. The number of thiophene rings is 1. The summed E-state index contributed by atoms with van der Waals surface area (Å²) in [6.45, 7) is 0. The van der Waals surface area contributed by atoms with Crippen molar-refractivity contribution in [2.24, 2.45) is 0 Å². The van der Waals surface area contributed by atoms with E-state index in [1.165, 1.54) is 41.7 Å². The van der Waals surface area contributed by atoms with E-state index in [2.05, 4.69) is 48.5 Å². The normalized spacial score (nSPS) is 12.4. The van der Waals surface area contributed by atoms with Crippen molar-refractivity contribution >= 4 is 75.4 Å². The van der Waals surface area contributed by atoms with Gasteiger partial charge in [0, 0.05) is 41.7 Å². The molecule has 0 fully saturated rings. The fourth-order valence-electron chi connectivity index (χ4n) is 4.38. The van der Waals surface area contributed by atoms with Crippen LogP contribution >= 0.6 is 11.3 Å². The first-order valence-electron chi connectivity index (χ1n) is 8.95. The van der Waals surface area contributed by atoms with Gasteiger partial charge in [-0.1, -0.05) is 36.4 Å². The van der Waals surface area contributed by atoms with Gasteiger partial charge >= 0.3 is 0 Å². The van der Waals surface area contributed by atoms with Crippen molar-refractivity contribution in [1.82, 2.24) is 0 Å². The summed E-state index contributed by atoms with van der Waals surface area (Å²) < 4.78 is 14.8. The first-order chi connectivity index (χ1) is 13.4. The van der Waals surface area contributed by atoms with Crippen LogP contribution in [-0.2, 0) is 0 Å². The zero-order valence-electron chi connectivity index (χ0n) is 14.2. The van der Waals surface area contributed by atoms with Gasteiger partial charge in [-0.2, -0.15) is 0 Å². The molecule has 0 amide bonds. The molecule has 2 nitrogen and oxygen atoms in total. The van der Waals surface area contributed by atoms with E-state index in [1.54, 1.807) is 0 Å². The van der Waals surface area contributed by atoms with Crippen molar-refractivity contribution in [1.29, 1.82) is 0 Å². The lowest BCUT2D eigenvalue weighted by Crippen LogP contribution is -1.73. The topological polar surface area (TPSA) is 26.3 Å². The molecule has 126 valence electrons. The van der Waals surface area contributed by atoms with Gasteiger partial charge < -0.3 is 8.83 Å². The zero-order chi connectivity index (χ0) is 17.5. The molecule has 0 saturated carbocycles. The molecular formula is C24H12O2S. The molecule has 0 saturated heterocycles. The van der Waals surface area contributed by atoms with Crippen molar-refractivity contribution in [2.75, 3.05) is 0 Å². The maximum atomic E-state index is 6.14. The standard InChI is InChI=1S/C24H12O2S/c1-3-7-15-13(5-1)21-17(25-15)9-11-19-23(21)24-20(27-19)12-10-18-22(24)14-6-2-4-8-16(14)26-18/h1-12H. The van der Waals surface area contributed by atoms with E-state index in [9.17, 15) is 0 Å². The molecule has 0 radical (unpaired) electrons. The highest BCUT2D eigenvalue weighted by Gasteiger charge is 2.19. The van der Waals surface area contributed by atoms with Crippen molar-refractivity contribution in [3.05, 3.63) is 72.8 Å². The van der Waals surface area contributed by atoms with E-state index >= 15 is 0 Å². The van der Waals surface area contributed by atoms with Gasteiger partial charge in [0.15, 0.2) is 0 Å². The lowest BCUT2D eigenvalue weighted by Gasteiger charge is -1.98. The number of fused-ring (bicyclic) bond motifs is 11. The second kappa shape index (κ2) is 4.70. The minimum atomic E-state index is 0.934. The molecule has 3 heterocycles. The van der Waals surface area contributed by atoms with Crippen LogP contribution in [0.15, 0.2) is 81.6 Å². The Balaban J connectivity index is 1.87. The van der Waals surface area contributed by atoms with Crippen LogP contribution in [0.5, 0.6) is 0 Å². The first-order valence-corrected chi connectivity index (χ1v) is 9.77. The van der Waals surface area contributed by atoms with Crippen LogP contribution in [0.1, 0.15) is 0 Å². The van der Waals surface area contributed by atoms with E-state index in [1.807, 2.05) is 35.6 Å². The number of para-hydroxylation sites is 2. The molecule has 0 bridgehead atoms. The number of benzene rings is 4. The van der Waals surface area contributed by atoms with E-state index in [-0.39, 0.29) is 0 Å². The van der Waals surface area contributed by atoms with Gasteiger partial charge in [-0.3, -0.25) is 0 Å². The third-order valence-corrected chi connectivity index (χ3v) is 6.60. The molecular weight excluding hydrogens is 352 g/mol. The molecule has 7 aromatic rings. The summed E-state index contributed by atoms with van der Waals surface area (Å²) in [6.07, 6.45) is 0. The lowest BCUT2D eigenvalue weighted by molar-refractivity contribution is 0.668. The summed E-state index contributed by atoms with van der Waals surface area (Å²) in [5, 5.41) is 7.29. The highest BCUT2D eigenvalue weighted by atomic mass is 32.1. The van der Waals surface area contributed by atoms with Crippen LogP contribution in [0.3, 0.4) is 0 Å². The maximum absolute atomic E-state index is 6.14. The smallest absolute Gasteiger partial charge is 0.136 e. The molecule has 4 aromatic carbocycles. The molecule has 27 heavy (non-hydrogen) atoms. The van der Waals surface area contributed by atoms with Gasteiger partial charge in [-0.25, -0.2) is 0 Å². The van der Waals surface area contributed by atoms with Gasteiger partial charge in [-0.15, -0.1) is 11.3 Å². The molecule has 0 aliphatic rings. The Morgan fingerprint density at radius 1 is 0.444 bits per heavy atom. The summed E-state index contributed by atoms with van der Waals surface area (Å²) in [7, 11) is 0. The fourth-order valence-corrected chi connectivity index (χ4v) is 5.50. The summed E-state index contributed by atoms with van der Waals surface area (Å²) in [5.41, 5.74) is 3.74. The fraction of sp³-hybridized carbons (Fsp3) is 0. The first kappa shape index (κ1) is 13.8. The van der Waals surface area contributed by atoms with Crippen molar-refractivity contribution < 1.29 is 8.83 Å². The van der Waals surface area contributed by atoms with Crippen LogP contribution in [0.2, 0.25) is 0 Å². The van der Waals surface area contributed by atoms with Crippen LogP contribution < -0.4 is 0 Å². The molecule has 3 heteroatoms. The van der Waals surface area contributed by atoms with Crippen LogP contribution in [-0.4, -0.2) is 0 Å². The van der Waals surface area contributed by atoms with Gasteiger partial charge in [0.1, 0.15) is 22.3 Å². The largest absolute Gasteiger partial charge is 0.456 e. The highest BCUT2D eigenvalue weighted by molar-refractivity contribution is 7.26. The predicted molar refractivity (Wildman–Crippen MR) is 114 cm³/mol. The number of hydrogen-bond donors (Lipinski definition) is 0. The van der Waals surface area contributed by atoms with Crippen molar-refractivity contribution in [2.45, 2.75) is 0 Å². The quantitative estimate of drug-likeness (QED) is 0.274. The Bertz CT molecular complexity index is 1550. The molecule has 0 atom stereocenters. The van der Waals surface area contributed by atoms with E-state index in [0.29, 0.717) is 0 Å². The maximum Gasteiger partial charge on any atom is 0.136 e. The third-order valence-electron chi connectivity index (χ3n) is 5.48. The third kappa shape index (κ3) is 1.65. The Hall–Kier alpha value is -3.30. The minimum absolute atomic E-state index is 0.934. The second-order valence-electron chi connectivity index (χ2n) is 6.92. The van der Waals surface area contributed by atoms with Gasteiger partial charge in [0.25, 0.3) is 0 Å². The molecule has 0 unspecified atom stereocenters. The predicted octanol–water partition coefficient (Wildman–Crippen LogP) is 7.85. The lowest BCUT2D eigenvalue weighted by atomic mass is 10.0. The van der Waals surface area contributed by atoms with Crippen molar-refractivity contribution in [3.8, 4) is 0 Å². The van der Waals surface area contributed by atoms with E-state index < -0.39 is 0 Å². The summed E-state index contributed by atoms with van der Waals surface area (Å²) in [5.74, 6) is 0. The molecule has 7 rings (SSSR count). The number of hydrogen-bond acceptors (Lipinski definition) is 3. The number of rotatable bonds is 0. The molecule has 0 N–H and O–H groups in total. The molecule has 0 spiro atoms. The second-order valence-corrected chi connectivity index (χ2v) is 8.01. The average Bonchev–Trinajstić information content (AvgIpc) is 3.37. The SMILES string of the molecule is c1ccc2c(c1)oc1ccc3sc4ccc5oc6ccccc6c5c4c3c12. The van der Waals surface area contributed by atoms with E-state index in [4.69, 9.17) is 8.83 Å². The summed E-state index contributed by atoms with van der Waals surface area (Å²) in [4.78, 5) is 0. The average molecular weight is 364 g/mol. The van der Waals surface area contributed by atoms with Crippen molar-refractivity contribution in [3.63, 3.8) is 0 Å². The van der Waals surface area contributed by atoms with E-state index in [0.717, 1.165) is 22.3 Å². The van der Waals surface area contributed by atoms with Crippen LogP contribution in [0.25, 0.3) is 64.0 Å². The monoisotopic (exact) mass is 364 g/mol. The summed E-state index contributed by atoms with van der Waals surface area (Å²) in [6, 6.07) is 25.1. The van der Waals surface area contributed by atoms with Crippen LogP contribution in [0, 0.1) is 0 Å². The Morgan fingerprint density at radius 2 is 0.926 bits per heavy atom. The Kier molecular flexibility index (Phi) is 2.41. The summed E-state index contributed by atoms with van der Waals surface area (Å²) >= 11 is 1.83. The number of furan rings is 2. The zero-order valence-corrected chi connectivity index (χ0v) is 15.0. The van der Waals surface area contributed by atoms with Gasteiger partial charge in [0.05, 0.1) is 0 Å². The van der Waals surface area contributed by atoms with Crippen LogP contribution in [0.4, 0.5) is 0 Å². The minimum Gasteiger partial charge on any atom is -0.456 e. The molecule has 0 aliphatic heterocycles. The highest BCUT2D eigenvalue weighted by Crippen LogP contribution is 2.46.